The van der Waals surface area contributed by atoms with Gasteiger partial charge in [-0.25, -0.2) is 19.2 Å². The van der Waals surface area contributed by atoms with E-state index in [-0.39, 0.29) is 18.3 Å². The lowest BCUT2D eigenvalue weighted by atomic mass is 10.1. The number of aromatic carboxylic acids is 1. The second-order valence-corrected chi connectivity index (χ2v) is 10.3. The van der Waals surface area contributed by atoms with E-state index in [1.54, 1.807) is 42.6 Å². The zero-order valence-corrected chi connectivity index (χ0v) is 22.4. The first-order valence-corrected chi connectivity index (χ1v) is 13.5. The highest BCUT2D eigenvalue weighted by atomic mass is 35.5. The molecule has 1 atom stereocenters. The normalized spacial score (nSPS) is 17.6. The van der Waals surface area contributed by atoms with Crippen molar-refractivity contribution in [3.8, 4) is 5.88 Å². The Hall–Kier alpha value is -3.80. The number of carboxylic acid groups (broad SMARTS) is 1. The van der Waals surface area contributed by atoms with Crippen molar-refractivity contribution in [2.75, 3.05) is 37.7 Å². The molecule has 2 aromatic carbocycles. The van der Waals surface area contributed by atoms with E-state index in [9.17, 15) is 14.3 Å². The second kappa shape index (κ2) is 11.4. The average molecular weight is 567 g/mol. The Morgan fingerprint density at radius 2 is 1.95 bits per heavy atom. The van der Waals surface area contributed by atoms with Gasteiger partial charge in [-0.05, 0) is 36.8 Å². The minimum absolute atomic E-state index is 0.0358. The summed E-state index contributed by atoms with van der Waals surface area (Å²) in [6.45, 7) is 5.04. The number of fused-ring (bicyclic) bond motifs is 1. The minimum atomic E-state index is -0.957. The zero-order valence-electron chi connectivity index (χ0n) is 21.7. The Balaban J connectivity index is 1.11. The van der Waals surface area contributed by atoms with Crippen molar-refractivity contribution in [1.29, 1.82) is 0 Å². The molecule has 2 saturated heterocycles. The van der Waals surface area contributed by atoms with Gasteiger partial charge in [0.2, 0.25) is 11.8 Å². The number of ether oxygens (including phenoxy) is 2. The van der Waals surface area contributed by atoms with Gasteiger partial charge in [-0.1, -0.05) is 17.7 Å². The Morgan fingerprint density at radius 1 is 1.12 bits per heavy atom. The highest BCUT2D eigenvalue weighted by Gasteiger charge is 2.25. The summed E-state index contributed by atoms with van der Waals surface area (Å²) >= 11 is 5.83. The zero-order chi connectivity index (χ0) is 27.6. The molecular weight excluding hydrogens is 539 g/mol. The molecule has 2 fully saturated rings. The number of hydrogen-bond donors (Lipinski definition) is 1. The van der Waals surface area contributed by atoms with Crippen LogP contribution in [0.15, 0.2) is 48.7 Å². The summed E-state index contributed by atoms with van der Waals surface area (Å²) in [5, 5.41) is 9.81. The third kappa shape index (κ3) is 5.72. The molecule has 4 aromatic rings. The number of aromatic nitrogens is 4. The molecule has 6 rings (SSSR count). The fourth-order valence-corrected chi connectivity index (χ4v) is 5.08. The van der Waals surface area contributed by atoms with E-state index in [1.165, 1.54) is 6.07 Å². The van der Waals surface area contributed by atoms with Gasteiger partial charge in [-0.2, -0.15) is 4.98 Å². The third-order valence-corrected chi connectivity index (χ3v) is 7.52. The largest absolute Gasteiger partial charge is 0.478 e. The molecule has 0 bridgehead atoms. The predicted molar refractivity (Wildman–Crippen MR) is 146 cm³/mol. The maximum absolute atomic E-state index is 14.1. The Bertz CT molecular complexity index is 1540. The van der Waals surface area contributed by atoms with E-state index in [0.29, 0.717) is 48.6 Å². The van der Waals surface area contributed by atoms with Crippen molar-refractivity contribution in [1.82, 2.24) is 24.4 Å². The fourth-order valence-electron chi connectivity index (χ4n) is 4.92. The monoisotopic (exact) mass is 566 g/mol. The van der Waals surface area contributed by atoms with Crippen LogP contribution in [0.3, 0.4) is 0 Å². The second-order valence-electron chi connectivity index (χ2n) is 9.91. The van der Waals surface area contributed by atoms with Crippen LogP contribution >= 0.6 is 11.6 Å². The van der Waals surface area contributed by atoms with Gasteiger partial charge in [0.1, 0.15) is 18.2 Å². The van der Waals surface area contributed by atoms with Crippen molar-refractivity contribution in [3.63, 3.8) is 0 Å². The first-order valence-electron chi connectivity index (χ1n) is 13.1. The van der Waals surface area contributed by atoms with Gasteiger partial charge in [0.05, 0.1) is 35.8 Å². The molecule has 208 valence electrons. The van der Waals surface area contributed by atoms with Crippen LogP contribution in [0, 0.1) is 5.82 Å². The molecule has 2 aliphatic rings. The number of carbonyl (C=O) groups is 1. The number of piperazine rings is 1. The molecule has 0 saturated carbocycles. The molecule has 0 amide bonds. The molecule has 4 heterocycles. The fraction of sp³-hybridized carbons (Fsp3) is 0.357. The van der Waals surface area contributed by atoms with Crippen LogP contribution in [0.25, 0.3) is 11.0 Å². The molecule has 0 radical (unpaired) electrons. The highest BCUT2D eigenvalue weighted by molar-refractivity contribution is 6.30. The summed E-state index contributed by atoms with van der Waals surface area (Å²) < 4.78 is 27.6. The third-order valence-electron chi connectivity index (χ3n) is 7.28. The number of hydrogen-bond acceptors (Lipinski definition) is 8. The molecule has 1 N–H and O–H groups in total. The lowest BCUT2D eigenvalue weighted by Gasteiger charge is -2.35. The number of anilines is 1. The summed E-state index contributed by atoms with van der Waals surface area (Å²) in [5.41, 5.74) is 2.23. The lowest BCUT2D eigenvalue weighted by molar-refractivity contribution is -0.0592. The number of nitrogens with zero attached hydrogens (tertiary/aromatic N) is 6. The van der Waals surface area contributed by atoms with Gasteiger partial charge >= 0.3 is 5.97 Å². The van der Waals surface area contributed by atoms with Crippen molar-refractivity contribution in [2.45, 2.75) is 32.2 Å². The summed E-state index contributed by atoms with van der Waals surface area (Å²) in [6, 6.07) is 11.2. The number of carboxylic acids is 1. The average Bonchev–Trinajstić information content (AvgIpc) is 3.26. The van der Waals surface area contributed by atoms with Gasteiger partial charge < -0.3 is 24.0 Å². The predicted octanol–water partition coefficient (Wildman–Crippen LogP) is 4.01. The molecule has 2 aromatic heterocycles. The smallest absolute Gasteiger partial charge is 0.335 e. The first kappa shape index (κ1) is 26.4. The topological polar surface area (TPSA) is 106 Å². The first-order chi connectivity index (χ1) is 19.4. The van der Waals surface area contributed by atoms with Crippen LogP contribution in [0.2, 0.25) is 5.02 Å². The van der Waals surface area contributed by atoms with Crippen molar-refractivity contribution >= 4 is 34.6 Å². The van der Waals surface area contributed by atoms with E-state index >= 15 is 0 Å². The molecule has 12 heteroatoms. The van der Waals surface area contributed by atoms with Gasteiger partial charge in [0, 0.05) is 55.6 Å². The van der Waals surface area contributed by atoms with E-state index < -0.39 is 11.8 Å². The van der Waals surface area contributed by atoms with Crippen molar-refractivity contribution < 1.29 is 23.8 Å². The van der Waals surface area contributed by atoms with E-state index in [1.807, 2.05) is 0 Å². The van der Waals surface area contributed by atoms with E-state index in [0.717, 1.165) is 43.0 Å². The molecule has 40 heavy (non-hydrogen) atoms. The van der Waals surface area contributed by atoms with Gasteiger partial charge in [-0.15, -0.1) is 0 Å². The summed E-state index contributed by atoms with van der Waals surface area (Å²) in [7, 11) is 0. The van der Waals surface area contributed by atoms with E-state index in [2.05, 4.69) is 24.3 Å². The van der Waals surface area contributed by atoms with Crippen LogP contribution in [0.4, 0.5) is 10.3 Å². The van der Waals surface area contributed by atoms with Crippen LogP contribution in [-0.4, -0.2) is 74.4 Å². The van der Waals surface area contributed by atoms with Crippen LogP contribution in [-0.2, 0) is 24.4 Å². The van der Waals surface area contributed by atoms with Crippen LogP contribution < -0.4 is 9.64 Å². The number of halogens is 2. The molecular formula is C28H28ClFN6O4. The minimum Gasteiger partial charge on any atom is -0.478 e. The van der Waals surface area contributed by atoms with Crippen molar-refractivity contribution in [2.24, 2.45) is 0 Å². The Morgan fingerprint density at radius 3 is 2.67 bits per heavy atom. The summed E-state index contributed by atoms with van der Waals surface area (Å²) in [5.74, 6) is 0.441. The molecule has 2 aliphatic heterocycles. The van der Waals surface area contributed by atoms with Gasteiger partial charge in [0.25, 0.3) is 0 Å². The number of rotatable bonds is 9. The summed E-state index contributed by atoms with van der Waals surface area (Å²) in [4.78, 5) is 29.8. The highest BCUT2D eigenvalue weighted by Crippen LogP contribution is 2.24. The van der Waals surface area contributed by atoms with Crippen molar-refractivity contribution in [3.05, 3.63) is 76.5 Å². The van der Waals surface area contributed by atoms with Crippen LogP contribution in [0.5, 0.6) is 5.88 Å². The SMILES string of the molecule is O=C(O)c1ccc2nc(CN3CCN(c4nccc(OCc5ccc(Cl)cc5F)n4)CC3)n(CC3CCO3)c2c1. The maximum Gasteiger partial charge on any atom is 0.335 e. The van der Waals surface area contributed by atoms with Crippen LogP contribution in [0.1, 0.15) is 28.2 Å². The number of benzene rings is 2. The Labute approximate surface area is 234 Å². The molecule has 0 spiro atoms. The lowest BCUT2D eigenvalue weighted by Crippen LogP contribution is -2.47. The van der Waals surface area contributed by atoms with E-state index in [4.69, 9.17) is 26.1 Å². The standard InChI is InChI=1S/C28H28ClFN6O4/c29-20-3-1-19(22(30)14-20)17-40-26-5-7-31-28(33-26)35-10-8-34(9-11-35)16-25-32-23-4-2-18(27(37)38)13-24(23)36(25)15-21-6-12-39-21/h1-5,7,13-14,21H,6,8-12,15-17H2,(H,37,38). The Kier molecular flexibility index (Phi) is 7.50. The summed E-state index contributed by atoms with van der Waals surface area (Å²) in [6.07, 6.45) is 2.73. The molecule has 0 aliphatic carbocycles. The molecule has 10 nitrogen and oxygen atoms in total. The maximum atomic E-state index is 14.1. The van der Waals surface area contributed by atoms with Gasteiger partial charge in [-0.3, -0.25) is 4.90 Å². The van der Waals surface area contributed by atoms with Gasteiger partial charge in [0.15, 0.2) is 0 Å². The quantitative estimate of drug-likeness (QED) is 0.322. The number of imidazole rings is 1. The molecule has 1 unspecified atom stereocenters.